The number of carbonyl (C=O) groups is 4. The molecule has 0 saturated carbocycles. The number of aromatic nitrogens is 2. The number of hydrogen-bond donors (Lipinski definition) is 8. The number of phenols is 1. The van der Waals surface area contributed by atoms with E-state index in [1.165, 1.54) is 24.7 Å². The van der Waals surface area contributed by atoms with E-state index in [0.717, 1.165) is 0 Å². The van der Waals surface area contributed by atoms with Gasteiger partial charge in [-0.3, -0.25) is 14.4 Å². The third-order valence-electron chi connectivity index (χ3n) is 5.48. The first-order chi connectivity index (χ1) is 17.5. The number of H-pyrrole nitrogens is 1. The molecule has 0 fully saturated rings. The summed E-state index contributed by atoms with van der Waals surface area (Å²) in [5, 5.41) is 35.8. The fourth-order valence-electron chi connectivity index (χ4n) is 3.51. The second-order valence-corrected chi connectivity index (χ2v) is 9.09. The molecule has 9 N–H and O–H groups in total. The second-order valence-electron chi connectivity index (χ2n) is 9.09. The van der Waals surface area contributed by atoms with Crippen LogP contribution in [0.2, 0.25) is 0 Å². The van der Waals surface area contributed by atoms with E-state index in [-0.39, 0.29) is 30.9 Å². The number of nitrogens with two attached hydrogens (primary N) is 1. The van der Waals surface area contributed by atoms with Gasteiger partial charge in [0.05, 0.1) is 19.0 Å². The summed E-state index contributed by atoms with van der Waals surface area (Å²) in [6, 6.07) is 1.24. The molecule has 13 nitrogen and oxygen atoms in total. The Balaban J connectivity index is 2.08. The number of benzene rings is 1. The molecule has 2 aromatic rings. The van der Waals surface area contributed by atoms with Gasteiger partial charge in [-0.1, -0.05) is 26.0 Å². The van der Waals surface area contributed by atoms with Crippen molar-refractivity contribution in [3.63, 3.8) is 0 Å². The first-order valence-electron chi connectivity index (χ1n) is 11.8. The van der Waals surface area contributed by atoms with Crippen LogP contribution in [0, 0.1) is 5.92 Å². The zero-order chi connectivity index (χ0) is 27.5. The van der Waals surface area contributed by atoms with Crippen molar-refractivity contribution in [2.24, 2.45) is 11.7 Å². The highest BCUT2D eigenvalue weighted by atomic mass is 16.4. The van der Waals surface area contributed by atoms with E-state index in [1.807, 2.05) is 13.8 Å². The van der Waals surface area contributed by atoms with Crippen molar-refractivity contribution in [3.8, 4) is 5.75 Å². The molecule has 3 amide bonds. The Bertz CT molecular complexity index is 1040. The van der Waals surface area contributed by atoms with Crippen molar-refractivity contribution in [1.29, 1.82) is 0 Å². The summed E-state index contributed by atoms with van der Waals surface area (Å²) in [6.07, 6.45) is 3.08. The zero-order valence-electron chi connectivity index (χ0n) is 20.7. The maximum absolute atomic E-state index is 13.0. The molecule has 0 aliphatic heterocycles. The largest absolute Gasteiger partial charge is 0.508 e. The molecule has 0 radical (unpaired) electrons. The predicted octanol–water partition coefficient (Wildman–Crippen LogP) is -1.19. The van der Waals surface area contributed by atoms with Crippen LogP contribution in [0.15, 0.2) is 36.8 Å². The summed E-state index contributed by atoms with van der Waals surface area (Å²) in [6.45, 7) is 2.85. The summed E-state index contributed by atoms with van der Waals surface area (Å²) in [7, 11) is 0. The van der Waals surface area contributed by atoms with Gasteiger partial charge in [-0.15, -0.1) is 0 Å². The molecule has 1 aromatic carbocycles. The number of hydrogen-bond acceptors (Lipinski definition) is 8. The second kappa shape index (κ2) is 13.9. The summed E-state index contributed by atoms with van der Waals surface area (Å²) < 4.78 is 0. The highest BCUT2D eigenvalue weighted by Gasteiger charge is 2.30. The van der Waals surface area contributed by atoms with Crippen molar-refractivity contribution in [2.75, 3.05) is 6.61 Å². The Hall–Kier alpha value is -3.97. The van der Waals surface area contributed by atoms with Gasteiger partial charge in [0.1, 0.15) is 23.9 Å². The maximum atomic E-state index is 13.0. The van der Waals surface area contributed by atoms with E-state index in [2.05, 4.69) is 25.9 Å². The molecular weight excluding hydrogens is 484 g/mol. The number of carboxylic acid groups (broad SMARTS) is 1. The number of carbonyl (C=O) groups excluding carboxylic acids is 3. The average Bonchev–Trinajstić information content (AvgIpc) is 3.35. The van der Waals surface area contributed by atoms with Gasteiger partial charge in [-0.2, -0.15) is 0 Å². The Labute approximate surface area is 213 Å². The molecule has 13 heteroatoms. The van der Waals surface area contributed by atoms with Crippen molar-refractivity contribution < 1.29 is 34.5 Å². The maximum Gasteiger partial charge on any atom is 0.326 e. The number of imidazole rings is 1. The molecule has 4 unspecified atom stereocenters. The smallest absolute Gasteiger partial charge is 0.326 e. The van der Waals surface area contributed by atoms with Crippen molar-refractivity contribution in [2.45, 2.75) is 57.3 Å². The lowest BCUT2D eigenvalue weighted by atomic mass is 10.0. The van der Waals surface area contributed by atoms with Crippen LogP contribution in [0.4, 0.5) is 0 Å². The monoisotopic (exact) mass is 518 g/mol. The Morgan fingerprint density at radius 2 is 1.54 bits per heavy atom. The molecule has 0 saturated heterocycles. The Morgan fingerprint density at radius 1 is 0.946 bits per heavy atom. The normalized spacial score (nSPS) is 14.3. The number of aliphatic hydroxyl groups is 1. The van der Waals surface area contributed by atoms with E-state index in [1.54, 1.807) is 12.1 Å². The summed E-state index contributed by atoms with van der Waals surface area (Å²) in [5.41, 5.74) is 7.11. The molecule has 0 aliphatic carbocycles. The van der Waals surface area contributed by atoms with Gasteiger partial charge in [0.25, 0.3) is 0 Å². The molecule has 2 rings (SSSR count). The van der Waals surface area contributed by atoms with Gasteiger partial charge < -0.3 is 42.0 Å². The van der Waals surface area contributed by atoms with Crippen LogP contribution in [0.1, 0.15) is 31.5 Å². The SMILES string of the molecule is CC(C)CC(NC(=O)C(Cc1cnc[nH]1)NC(=O)C(CO)NC(=O)C(N)Cc1ccc(O)cc1)C(=O)O. The van der Waals surface area contributed by atoms with Gasteiger partial charge >= 0.3 is 5.97 Å². The van der Waals surface area contributed by atoms with Crippen LogP contribution in [0.3, 0.4) is 0 Å². The average molecular weight is 519 g/mol. The number of nitrogens with zero attached hydrogens (tertiary/aromatic N) is 1. The van der Waals surface area contributed by atoms with E-state index in [4.69, 9.17) is 5.73 Å². The predicted molar refractivity (Wildman–Crippen MR) is 132 cm³/mol. The highest BCUT2D eigenvalue weighted by Crippen LogP contribution is 2.11. The quantitative estimate of drug-likeness (QED) is 0.150. The fraction of sp³-hybridized carbons (Fsp3) is 0.458. The van der Waals surface area contributed by atoms with Crippen molar-refractivity contribution in [3.05, 3.63) is 48.0 Å². The first kappa shape index (κ1) is 29.3. The van der Waals surface area contributed by atoms with Crippen molar-refractivity contribution >= 4 is 23.7 Å². The lowest BCUT2D eigenvalue weighted by Crippen LogP contribution is -2.58. The summed E-state index contributed by atoms with van der Waals surface area (Å²) in [5.74, 6) is -3.48. The Kier molecular flexibility index (Phi) is 11.0. The summed E-state index contributed by atoms with van der Waals surface area (Å²) >= 11 is 0. The standard InChI is InChI=1S/C24H34N6O7/c1-13(2)7-19(24(36)37)29-22(34)18(9-15-10-26-12-27-15)28-23(35)20(11-31)30-21(33)17(25)8-14-3-5-16(32)6-4-14/h3-6,10,12-13,17-20,31-32H,7-9,11,25H2,1-2H3,(H,26,27)(H,28,35)(H,29,34)(H,30,33)(H,36,37). The zero-order valence-corrected chi connectivity index (χ0v) is 20.7. The van der Waals surface area contributed by atoms with Crippen LogP contribution < -0.4 is 21.7 Å². The van der Waals surface area contributed by atoms with E-state index >= 15 is 0 Å². The molecule has 0 bridgehead atoms. The third-order valence-corrected chi connectivity index (χ3v) is 5.48. The van der Waals surface area contributed by atoms with Gasteiger partial charge in [0.15, 0.2) is 0 Å². The van der Waals surface area contributed by atoms with Gasteiger partial charge in [-0.25, -0.2) is 9.78 Å². The number of aliphatic hydroxyl groups excluding tert-OH is 1. The minimum Gasteiger partial charge on any atom is -0.508 e. The van der Waals surface area contributed by atoms with Gasteiger partial charge in [0.2, 0.25) is 17.7 Å². The molecule has 1 heterocycles. The van der Waals surface area contributed by atoms with E-state index in [9.17, 15) is 34.5 Å². The number of rotatable bonds is 14. The molecule has 37 heavy (non-hydrogen) atoms. The molecular formula is C24H34N6O7. The Morgan fingerprint density at radius 3 is 2.08 bits per heavy atom. The van der Waals surface area contributed by atoms with Crippen LogP contribution in [0.5, 0.6) is 5.75 Å². The number of carboxylic acids is 1. The van der Waals surface area contributed by atoms with Gasteiger partial charge in [0, 0.05) is 18.3 Å². The van der Waals surface area contributed by atoms with Crippen LogP contribution >= 0.6 is 0 Å². The highest BCUT2D eigenvalue weighted by molar-refractivity contribution is 5.94. The molecule has 4 atom stereocenters. The van der Waals surface area contributed by atoms with E-state index in [0.29, 0.717) is 11.3 Å². The van der Waals surface area contributed by atoms with Crippen LogP contribution in [-0.2, 0) is 32.0 Å². The van der Waals surface area contributed by atoms with Gasteiger partial charge in [-0.05, 0) is 36.5 Å². The molecule has 0 spiro atoms. The molecule has 1 aromatic heterocycles. The van der Waals surface area contributed by atoms with Crippen LogP contribution in [-0.4, -0.2) is 79.8 Å². The number of aromatic amines is 1. The fourth-order valence-corrected chi connectivity index (χ4v) is 3.51. The lowest BCUT2D eigenvalue weighted by molar-refractivity contribution is -0.142. The molecule has 202 valence electrons. The number of aromatic hydroxyl groups is 1. The van der Waals surface area contributed by atoms with Crippen LogP contribution in [0.25, 0.3) is 0 Å². The third kappa shape index (κ3) is 9.54. The topological polar surface area (TPSA) is 220 Å². The van der Waals surface area contributed by atoms with Crippen molar-refractivity contribution in [1.82, 2.24) is 25.9 Å². The van der Waals surface area contributed by atoms with E-state index < -0.39 is 54.5 Å². The minimum absolute atomic E-state index is 0.0122. The number of phenolic OH excluding ortho intramolecular Hbond substituents is 1. The molecule has 0 aliphatic rings. The summed E-state index contributed by atoms with van der Waals surface area (Å²) in [4.78, 5) is 56.7. The number of nitrogens with one attached hydrogen (secondary N) is 4. The lowest BCUT2D eigenvalue weighted by Gasteiger charge is -2.24. The number of amides is 3. The first-order valence-corrected chi connectivity index (χ1v) is 11.8. The number of aliphatic carboxylic acids is 1. The minimum atomic E-state index is -1.42.